The molecule has 0 aromatic heterocycles. The van der Waals surface area contributed by atoms with Gasteiger partial charge in [-0.15, -0.1) is 0 Å². The molecule has 3 rings (SSSR count). The fraction of sp³-hybridized carbons (Fsp3) is 0.480. The molecule has 1 aliphatic heterocycles. The van der Waals surface area contributed by atoms with Crippen molar-refractivity contribution in [3.05, 3.63) is 47.5 Å². The molecular formula is C25H34N2O3. The van der Waals surface area contributed by atoms with Gasteiger partial charge in [0.25, 0.3) is 5.91 Å². The van der Waals surface area contributed by atoms with E-state index in [1.807, 2.05) is 11.0 Å². The Hall–Kier alpha value is -2.37. The number of aryl methyl sites for hydroxylation is 1. The fourth-order valence-corrected chi connectivity index (χ4v) is 4.08. The van der Waals surface area contributed by atoms with E-state index in [4.69, 9.17) is 9.47 Å². The second-order valence-electron chi connectivity index (χ2n) is 7.95. The van der Waals surface area contributed by atoms with Crippen LogP contribution >= 0.6 is 0 Å². The number of anilines is 1. The zero-order chi connectivity index (χ0) is 21.3. The molecule has 1 aliphatic rings. The summed E-state index contributed by atoms with van der Waals surface area (Å²) in [6.45, 7) is 4.64. The fourth-order valence-electron chi connectivity index (χ4n) is 4.08. The van der Waals surface area contributed by atoms with Gasteiger partial charge < -0.3 is 19.7 Å². The van der Waals surface area contributed by atoms with Crippen LogP contribution in [0.2, 0.25) is 0 Å². The molecule has 1 amide bonds. The van der Waals surface area contributed by atoms with Gasteiger partial charge in [-0.05, 0) is 72.8 Å². The average molecular weight is 411 g/mol. The van der Waals surface area contributed by atoms with Crippen molar-refractivity contribution in [3.8, 4) is 16.9 Å². The van der Waals surface area contributed by atoms with Gasteiger partial charge in [0, 0.05) is 25.9 Å². The van der Waals surface area contributed by atoms with Crippen molar-refractivity contribution >= 4 is 11.6 Å². The second-order valence-corrected chi connectivity index (χ2v) is 7.95. The van der Waals surface area contributed by atoms with Gasteiger partial charge in [0.15, 0.2) is 0 Å². The molecule has 2 aromatic carbocycles. The molecule has 0 fully saturated rings. The van der Waals surface area contributed by atoms with Crippen LogP contribution < -0.4 is 15.0 Å². The minimum Gasteiger partial charge on any atom is -0.496 e. The van der Waals surface area contributed by atoms with Crippen LogP contribution in [-0.2, 0) is 16.1 Å². The molecule has 0 radical (unpaired) electrons. The lowest BCUT2D eigenvalue weighted by Crippen LogP contribution is -2.36. The molecule has 0 aliphatic carbocycles. The Labute approximate surface area is 180 Å². The molecule has 2 aromatic rings. The van der Waals surface area contributed by atoms with Gasteiger partial charge in [-0.25, -0.2) is 0 Å². The summed E-state index contributed by atoms with van der Waals surface area (Å²) in [6.07, 6.45) is 5.81. The van der Waals surface area contributed by atoms with Crippen molar-refractivity contribution < 1.29 is 14.3 Å². The summed E-state index contributed by atoms with van der Waals surface area (Å²) in [6, 6.07) is 12.7. The van der Waals surface area contributed by atoms with Gasteiger partial charge in [0.05, 0.1) is 7.11 Å². The molecule has 0 saturated carbocycles. The maximum atomic E-state index is 12.8. The van der Waals surface area contributed by atoms with Crippen molar-refractivity contribution in [1.29, 1.82) is 0 Å². The molecular weight excluding hydrogens is 376 g/mol. The Balaban J connectivity index is 1.98. The Kier molecular flexibility index (Phi) is 8.29. The van der Waals surface area contributed by atoms with E-state index in [0.717, 1.165) is 66.2 Å². The number of nitrogens with zero attached hydrogens (tertiary/aromatic N) is 1. The maximum absolute atomic E-state index is 12.8. The second kappa shape index (κ2) is 11.1. The van der Waals surface area contributed by atoms with Crippen molar-refractivity contribution in [2.45, 2.75) is 45.6 Å². The SMILES string of the molecule is COCC(=O)N1CCCCCCCNCc2cc(-c3ccc(OC)c(C)c3)ccc21. The third kappa shape index (κ3) is 5.61. The number of rotatable bonds is 4. The van der Waals surface area contributed by atoms with E-state index >= 15 is 0 Å². The quantitative estimate of drug-likeness (QED) is 0.794. The summed E-state index contributed by atoms with van der Waals surface area (Å²) < 4.78 is 10.6. The molecule has 162 valence electrons. The monoisotopic (exact) mass is 410 g/mol. The number of benzene rings is 2. The van der Waals surface area contributed by atoms with E-state index in [-0.39, 0.29) is 12.5 Å². The molecule has 0 atom stereocenters. The van der Waals surface area contributed by atoms with E-state index in [0.29, 0.717) is 0 Å². The number of methoxy groups -OCH3 is 2. The van der Waals surface area contributed by atoms with Crippen LogP contribution in [0, 0.1) is 6.92 Å². The summed E-state index contributed by atoms with van der Waals surface area (Å²) in [5.41, 5.74) is 5.53. The van der Waals surface area contributed by atoms with Gasteiger partial charge in [-0.3, -0.25) is 4.79 Å². The van der Waals surface area contributed by atoms with Crippen molar-refractivity contribution in [2.24, 2.45) is 0 Å². The van der Waals surface area contributed by atoms with Crippen LogP contribution in [0.3, 0.4) is 0 Å². The van der Waals surface area contributed by atoms with Crippen LogP contribution in [-0.4, -0.2) is 39.8 Å². The Morgan fingerprint density at radius 3 is 2.50 bits per heavy atom. The van der Waals surface area contributed by atoms with Gasteiger partial charge in [0.2, 0.25) is 0 Å². The van der Waals surface area contributed by atoms with Gasteiger partial charge in [-0.2, -0.15) is 0 Å². The molecule has 0 bridgehead atoms. The van der Waals surface area contributed by atoms with Crippen LogP contribution in [0.5, 0.6) is 5.75 Å². The smallest absolute Gasteiger partial charge is 0.252 e. The third-order valence-electron chi connectivity index (χ3n) is 5.72. The number of hydrogen-bond donors (Lipinski definition) is 1. The Morgan fingerprint density at radius 2 is 1.73 bits per heavy atom. The number of ether oxygens (including phenoxy) is 2. The van der Waals surface area contributed by atoms with E-state index in [9.17, 15) is 4.79 Å². The lowest BCUT2D eigenvalue weighted by atomic mass is 9.99. The van der Waals surface area contributed by atoms with Crippen molar-refractivity contribution in [3.63, 3.8) is 0 Å². The number of carbonyl (C=O) groups excluding carboxylic acids is 1. The normalized spacial score (nSPS) is 15.6. The first-order valence-corrected chi connectivity index (χ1v) is 10.9. The lowest BCUT2D eigenvalue weighted by Gasteiger charge is -2.26. The van der Waals surface area contributed by atoms with Gasteiger partial charge in [0.1, 0.15) is 12.4 Å². The van der Waals surface area contributed by atoms with E-state index in [1.165, 1.54) is 19.3 Å². The van der Waals surface area contributed by atoms with Gasteiger partial charge in [-0.1, -0.05) is 31.4 Å². The maximum Gasteiger partial charge on any atom is 0.252 e. The molecule has 30 heavy (non-hydrogen) atoms. The number of nitrogens with one attached hydrogen (secondary N) is 1. The summed E-state index contributed by atoms with van der Waals surface area (Å²) in [4.78, 5) is 14.7. The minimum absolute atomic E-state index is 0.0175. The minimum atomic E-state index is 0.0175. The Bertz CT molecular complexity index is 850. The molecule has 1 N–H and O–H groups in total. The van der Waals surface area contributed by atoms with Crippen LogP contribution in [0.15, 0.2) is 36.4 Å². The summed E-state index contributed by atoms with van der Waals surface area (Å²) in [7, 11) is 3.27. The molecule has 0 saturated heterocycles. The molecule has 0 spiro atoms. The van der Waals surface area contributed by atoms with E-state index in [2.05, 4.69) is 42.6 Å². The van der Waals surface area contributed by atoms with Crippen LogP contribution in [0.1, 0.15) is 43.2 Å². The first-order valence-electron chi connectivity index (χ1n) is 10.9. The lowest BCUT2D eigenvalue weighted by molar-refractivity contribution is -0.122. The van der Waals surface area contributed by atoms with Crippen LogP contribution in [0.25, 0.3) is 11.1 Å². The van der Waals surface area contributed by atoms with Crippen molar-refractivity contribution in [1.82, 2.24) is 5.32 Å². The highest BCUT2D eigenvalue weighted by molar-refractivity contribution is 5.95. The highest BCUT2D eigenvalue weighted by atomic mass is 16.5. The number of fused-ring (bicyclic) bond motifs is 1. The summed E-state index contributed by atoms with van der Waals surface area (Å²) in [5, 5.41) is 3.57. The zero-order valence-corrected chi connectivity index (χ0v) is 18.5. The Morgan fingerprint density at radius 1 is 1.00 bits per heavy atom. The molecule has 5 nitrogen and oxygen atoms in total. The zero-order valence-electron chi connectivity index (χ0n) is 18.5. The number of carbonyl (C=O) groups is 1. The number of amides is 1. The predicted molar refractivity (Wildman–Crippen MR) is 122 cm³/mol. The highest BCUT2D eigenvalue weighted by Crippen LogP contribution is 2.31. The molecule has 5 heteroatoms. The molecule has 1 heterocycles. The van der Waals surface area contributed by atoms with E-state index < -0.39 is 0 Å². The average Bonchev–Trinajstić information content (AvgIpc) is 2.74. The predicted octanol–water partition coefficient (Wildman–Crippen LogP) is 4.70. The van der Waals surface area contributed by atoms with Crippen molar-refractivity contribution in [2.75, 3.05) is 38.8 Å². The first-order chi connectivity index (χ1) is 14.6. The topological polar surface area (TPSA) is 50.8 Å². The largest absolute Gasteiger partial charge is 0.496 e. The first kappa shape index (κ1) is 22.3. The molecule has 0 unspecified atom stereocenters. The third-order valence-corrected chi connectivity index (χ3v) is 5.72. The summed E-state index contributed by atoms with van der Waals surface area (Å²) in [5.74, 6) is 0.909. The highest BCUT2D eigenvalue weighted by Gasteiger charge is 2.19. The van der Waals surface area contributed by atoms with Crippen LogP contribution in [0.4, 0.5) is 5.69 Å². The van der Waals surface area contributed by atoms with E-state index in [1.54, 1.807) is 14.2 Å². The van der Waals surface area contributed by atoms with Gasteiger partial charge >= 0.3 is 0 Å². The number of hydrogen-bond acceptors (Lipinski definition) is 4. The summed E-state index contributed by atoms with van der Waals surface area (Å²) >= 11 is 0. The standard InChI is InChI=1S/C25H34N2O3/c1-19-15-20(10-12-24(19)30-3)21-9-11-23-22(16-21)17-26-13-7-5-4-6-8-14-27(23)25(28)18-29-2/h9-12,15-16,26H,4-8,13-14,17-18H2,1-3H3.